The molecule has 0 aliphatic carbocycles. The van der Waals surface area contributed by atoms with Crippen LogP contribution in [-0.4, -0.2) is 35.0 Å². The van der Waals surface area contributed by atoms with E-state index >= 15 is 0 Å². The Morgan fingerprint density at radius 3 is 2.86 bits per heavy atom. The highest BCUT2D eigenvalue weighted by atomic mass is 35.5. The van der Waals surface area contributed by atoms with Gasteiger partial charge in [-0.2, -0.15) is 0 Å². The number of pyridine rings is 1. The predicted molar refractivity (Wildman–Crippen MR) is 112 cm³/mol. The molecule has 2 aromatic heterocycles. The molecule has 1 aliphatic heterocycles. The Morgan fingerprint density at radius 1 is 1.39 bits per heavy atom. The van der Waals surface area contributed by atoms with Crippen molar-refractivity contribution in [3.8, 4) is 0 Å². The molecule has 0 bridgehead atoms. The van der Waals surface area contributed by atoms with Crippen molar-refractivity contribution in [3.63, 3.8) is 0 Å². The average molecular weight is 408 g/mol. The fraction of sp³-hybridized carbons (Fsp3) is 0.524. The molecule has 1 atom stereocenters. The number of hydrogen-bond acceptors (Lipinski definition) is 4. The second kappa shape index (κ2) is 10.5. The van der Waals surface area contributed by atoms with Crippen LogP contribution in [-0.2, 0) is 13.1 Å². The summed E-state index contributed by atoms with van der Waals surface area (Å²) in [7, 11) is 0. The number of nitrogens with zero attached hydrogens (tertiary/aromatic N) is 2. The maximum Gasteiger partial charge on any atom is 0.263 e. The van der Waals surface area contributed by atoms with Gasteiger partial charge in [0.25, 0.3) is 11.5 Å². The molecule has 0 saturated carbocycles. The van der Waals surface area contributed by atoms with E-state index in [1.54, 1.807) is 15.7 Å². The van der Waals surface area contributed by atoms with Crippen LogP contribution in [0.2, 0.25) is 0 Å². The van der Waals surface area contributed by atoms with Gasteiger partial charge in [-0.25, -0.2) is 0 Å². The fourth-order valence-electron chi connectivity index (χ4n) is 3.70. The van der Waals surface area contributed by atoms with E-state index < -0.39 is 0 Å². The van der Waals surface area contributed by atoms with Crippen molar-refractivity contribution in [2.75, 3.05) is 19.6 Å². The van der Waals surface area contributed by atoms with Gasteiger partial charge in [0.05, 0.1) is 12.8 Å². The van der Waals surface area contributed by atoms with Gasteiger partial charge >= 0.3 is 0 Å². The lowest BCUT2D eigenvalue weighted by atomic mass is 9.99. The number of aromatic nitrogens is 1. The summed E-state index contributed by atoms with van der Waals surface area (Å²) in [5.41, 5.74) is 0.816. The molecule has 0 aromatic carbocycles. The Morgan fingerprint density at radius 2 is 2.21 bits per heavy atom. The van der Waals surface area contributed by atoms with Gasteiger partial charge in [-0.3, -0.25) is 9.59 Å². The number of carbonyl (C=O) groups excluding carboxylic acids is 1. The molecule has 1 unspecified atom stereocenters. The molecular formula is C21H30ClN3O3. The third-order valence-electron chi connectivity index (χ3n) is 5.15. The Kier molecular flexibility index (Phi) is 8.33. The molecule has 1 fully saturated rings. The Balaban J connectivity index is 0.00000280. The van der Waals surface area contributed by atoms with Gasteiger partial charge in [-0.15, -0.1) is 12.4 Å². The van der Waals surface area contributed by atoms with E-state index in [9.17, 15) is 9.59 Å². The van der Waals surface area contributed by atoms with E-state index in [-0.39, 0.29) is 29.4 Å². The molecule has 28 heavy (non-hydrogen) atoms. The van der Waals surface area contributed by atoms with E-state index in [0.717, 1.165) is 43.7 Å². The van der Waals surface area contributed by atoms with E-state index in [4.69, 9.17) is 4.42 Å². The first-order valence-electron chi connectivity index (χ1n) is 9.82. The number of aryl methyl sites for hydroxylation is 1. The third kappa shape index (κ3) is 5.26. The number of halogens is 1. The smallest absolute Gasteiger partial charge is 0.263 e. The lowest BCUT2D eigenvalue weighted by Crippen LogP contribution is -2.39. The third-order valence-corrected chi connectivity index (χ3v) is 5.15. The van der Waals surface area contributed by atoms with E-state index in [1.165, 1.54) is 0 Å². The van der Waals surface area contributed by atoms with Crippen LogP contribution in [0.3, 0.4) is 0 Å². The van der Waals surface area contributed by atoms with Crippen molar-refractivity contribution < 1.29 is 9.21 Å². The number of amides is 1. The van der Waals surface area contributed by atoms with Crippen LogP contribution in [0, 0.1) is 12.8 Å². The zero-order valence-electron chi connectivity index (χ0n) is 16.6. The van der Waals surface area contributed by atoms with Crippen LogP contribution in [0.4, 0.5) is 0 Å². The minimum atomic E-state index is -0.216. The van der Waals surface area contributed by atoms with Gasteiger partial charge in [0.2, 0.25) is 0 Å². The summed E-state index contributed by atoms with van der Waals surface area (Å²) in [5, 5.41) is 3.38. The lowest BCUT2D eigenvalue weighted by Gasteiger charge is -2.25. The minimum absolute atomic E-state index is 0. The summed E-state index contributed by atoms with van der Waals surface area (Å²) in [6.45, 7) is 7.43. The van der Waals surface area contributed by atoms with Gasteiger partial charge in [-0.05, 0) is 69.0 Å². The summed E-state index contributed by atoms with van der Waals surface area (Å²) in [6.07, 6.45) is 6.48. The normalized spacial score (nSPS) is 16.4. The van der Waals surface area contributed by atoms with Gasteiger partial charge in [0, 0.05) is 19.3 Å². The minimum Gasteiger partial charge on any atom is -0.467 e. The summed E-state index contributed by atoms with van der Waals surface area (Å²) >= 11 is 0. The maximum absolute atomic E-state index is 13.2. The Hall–Kier alpha value is -2.05. The Bertz CT molecular complexity index is 811. The average Bonchev–Trinajstić information content (AvgIpc) is 3.18. The molecule has 7 heteroatoms. The van der Waals surface area contributed by atoms with Crippen LogP contribution < -0.4 is 10.9 Å². The topological polar surface area (TPSA) is 67.5 Å². The van der Waals surface area contributed by atoms with Crippen LogP contribution in [0.15, 0.2) is 39.9 Å². The second-order valence-corrected chi connectivity index (χ2v) is 7.35. The van der Waals surface area contributed by atoms with E-state index in [0.29, 0.717) is 25.6 Å². The number of hydrogen-bond donors (Lipinski definition) is 1. The van der Waals surface area contributed by atoms with Crippen LogP contribution >= 0.6 is 12.4 Å². The van der Waals surface area contributed by atoms with E-state index in [2.05, 4.69) is 5.32 Å². The Labute approximate surface area is 172 Å². The highest BCUT2D eigenvalue weighted by Crippen LogP contribution is 2.15. The number of piperidine rings is 1. The number of rotatable bonds is 7. The van der Waals surface area contributed by atoms with Crippen molar-refractivity contribution in [2.24, 2.45) is 5.92 Å². The molecule has 3 heterocycles. The number of nitrogens with one attached hydrogen (secondary N) is 1. The van der Waals surface area contributed by atoms with Crippen molar-refractivity contribution in [1.29, 1.82) is 0 Å². The molecule has 1 amide bonds. The first kappa shape index (κ1) is 22.2. The number of carbonyl (C=O) groups is 1. The summed E-state index contributed by atoms with van der Waals surface area (Å²) in [4.78, 5) is 28.0. The highest BCUT2D eigenvalue weighted by molar-refractivity contribution is 5.95. The maximum atomic E-state index is 13.2. The van der Waals surface area contributed by atoms with Gasteiger partial charge in [-0.1, -0.05) is 6.92 Å². The zero-order valence-corrected chi connectivity index (χ0v) is 17.5. The van der Waals surface area contributed by atoms with Crippen molar-refractivity contribution in [3.05, 3.63) is 57.9 Å². The van der Waals surface area contributed by atoms with Crippen molar-refractivity contribution in [2.45, 2.75) is 46.2 Å². The van der Waals surface area contributed by atoms with E-state index in [1.807, 2.05) is 38.2 Å². The first-order valence-corrected chi connectivity index (χ1v) is 9.82. The SMILES string of the molecule is CCCN(Cc1ccco1)C(=O)c1c(C)ccn(CC2CCCNC2)c1=O.Cl. The molecule has 1 aliphatic rings. The number of furan rings is 1. The van der Waals surface area contributed by atoms with Gasteiger partial charge in [0.1, 0.15) is 11.3 Å². The first-order chi connectivity index (χ1) is 13.1. The summed E-state index contributed by atoms with van der Waals surface area (Å²) in [5.74, 6) is 0.933. The summed E-state index contributed by atoms with van der Waals surface area (Å²) < 4.78 is 7.10. The van der Waals surface area contributed by atoms with Gasteiger partial charge < -0.3 is 19.2 Å². The monoisotopic (exact) mass is 407 g/mol. The predicted octanol–water partition coefficient (Wildman–Crippen LogP) is 3.22. The molecule has 0 spiro atoms. The zero-order chi connectivity index (χ0) is 19.2. The molecule has 3 rings (SSSR count). The van der Waals surface area contributed by atoms with Crippen LogP contribution in [0.5, 0.6) is 0 Å². The highest BCUT2D eigenvalue weighted by Gasteiger charge is 2.23. The molecule has 0 radical (unpaired) electrons. The van der Waals surface area contributed by atoms with Crippen LogP contribution in [0.25, 0.3) is 0 Å². The standard InChI is InChI=1S/C21H29N3O3.ClH/c1-3-10-23(15-18-7-5-12-27-18)20(25)19-16(2)8-11-24(21(19)26)14-17-6-4-9-22-13-17;/h5,7-8,11-12,17,22H,3-4,6,9-10,13-15H2,1-2H3;1H. The van der Waals surface area contributed by atoms with Crippen molar-refractivity contribution in [1.82, 2.24) is 14.8 Å². The molecule has 2 aromatic rings. The van der Waals surface area contributed by atoms with Crippen LogP contribution in [0.1, 0.15) is 47.9 Å². The van der Waals surface area contributed by atoms with Gasteiger partial charge in [0.15, 0.2) is 0 Å². The second-order valence-electron chi connectivity index (χ2n) is 7.35. The molecule has 1 saturated heterocycles. The molecule has 6 nitrogen and oxygen atoms in total. The fourth-order valence-corrected chi connectivity index (χ4v) is 3.70. The largest absolute Gasteiger partial charge is 0.467 e. The summed E-state index contributed by atoms with van der Waals surface area (Å²) in [6, 6.07) is 5.53. The quantitative estimate of drug-likeness (QED) is 0.765. The molecule has 154 valence electrons. The molecular weight excluding hydrogens is 378 g/mol. The lowest BCUT2D eigenvalue weighted by molar-refractivity contribution is 0.0728. The molecule has 1 N–H and O–H groups in total. The van der Waals surface area contributed by atoms with Crippen molar-refractivity contribution >= 4 is 18.3 Å².